The lowest BCUT2D eigenvalue weighted by atomic mass is 10.1. The number of fused-ring (bicyclic) bond motifs is 1. The number of ether oxygens (including phenoxy) is 1. The van der Waals surface area contributed by atoms with E-state index in [2.05, 4.69) is 29.9 Å². The predicted octanol–water partition coefficient (Wildman–Crippen LogP) is 2.82. The summed E-state index contributed by atoms with van der Waals surface area (Å²) in [6.45, 7) is 6.34. The number of piperidine rings is 1. The van der Waals surface area contributed by atoms with Crippen LogP contribution in [0.4, 0.5) is 17.5 Å². The Hall–Kier alpha value is -3.05. The molecule has 1 unspecified atom stereocenters. The van der Waals surface area contributed by atoms with E-state index in [1.807, 2.05) is 38.1 Å². The van der Waals surface area contributed by atoms with Gasteiger partial charge in [0.05, 0.1) is 23.2 Å². The van der Waals surface area contributed by atoms with E-state index in [1.54, 1.807) is 0 Å². The third-order valence-corrected chi connectivity index (χ3v) is 7.67. The van der Waals surface area contributed by atoms with Gasteiger partial charge in [0, 0.05) is 55.0 Å². The van der Waals surface area contributed by atoms with Crippen LogP contribution >= 0.6 is 0 Å². The van der Waals surface area contributed by atoms with E-state index < -0.39 is 10.8 Å². The van der Waals surface area contributed by atoms with Gasteiger partial charge in [-0.3, -0.25) is 4.21 Å². The van der Waals surface area contributed by atoms with Crippen molar-refractivity contribution < 1.29 is 18.6 Å². The van der Waals surface area contributed by atoms with Crippen molar-refractivity contribution in [2.24, 2.45) is 0 Å². The molecule has 0 saturated carbocycles. The lowest BCUT2D eigenvalue weighted by Crippen LogP contribution is -2.38. The number of nitrogens with zero attached hydrogens (tertiary/aromatic N) is 6. The summed E-state index contributed by atoms with van der Waals surface area (Å²) in [6, 6.07) is 8.27. The molecule has 1 atom stereocenters. The first-order valence-electron chi connectivity index (χ1n) is 12.0. The Balaban J connectivity index is 1.22. The first-order chi connectivity index (χ1) is 17.0. The summed E-state index contributed by atoms with van der Waals surface area (Å²) in [4.78, 5) is 18.3. The van der Waals surface area contributed by atoms with Gasteiger partial charge in [0.1, 0.15) is 18.2 Å². The maximum absolute atomic E-state index is 12.2. The molecule has 35 heavy (non-hydrogen) atoms. The van der Waals surface area contributed by atoms with Crippen LogP contribution in [0.2, 0.25) is 0 Å². The van der Waals surface area contributed by atoms with Crippen molar-refractivity contribution in [1.29, 1.82) is 0 Å². The van der Waals surface area contributed by atoms with Gasteiger partial charge < -0.3 is 24.2 Å². The molecule has 1 saturated heterocycles. The van der Waals surface area contributed by atoms with E-state index in [0.29, 0.717) is 11.9 Å². The molecule has 0 amide bonds. The van der Waals surface area contributed by atoms with Gasteiger partial charge in [-0.15, -0.1) is 0 Å². The lowest BCUT2D eigenvalue weighted by molar-refractivity contribution is 0.161. The molecule has 0 radical (unpaired) electrons. The van der Waals surface area contributed by atoms with E-state index in [9.17, 15) is 4.21 Å². The van der Waals surface area contributed by atoms with Crippen molar-refractivity contribution in [3.05, 3.63) is 42.0 Å². The molecule has 2 aliphatic rings. The minimum absolute atomic E-state index is 0.0522. The highest BCUT2D eigenvalue weighted by atomic mass is 32.2. The summed E-state index contributed by atoms with van der Waals surface area (Å²) in [6.07, 6.45) is 4.09. The molecule has 1 N–H and O–H groups in total. The minimum atomic E-state index is -1.19. The molecular formula is C24H30N6O4S. The lowest BCUT2D eigenvalue weighted by Gasteiger charge is -2.30. The zero-order chi connectivity index (χ0) is 24.4. The van der Waals surface area contributed by atoms with Crippen LogP contribution in [-0.2, 0) is 17.2 Å². The van der Waals surface area contributed by atoms with Crippen molar-refractivity contribution in [2.45, 2.75) is 50.0 Å². The minimum Gasteiger partial charge on any atom is -0.474 e. The van der Waals surface area contributed by atoms with Crippen LogP contribution in [0.1, 0.15) is 44.0 Å². The topological polar surface area (TPSA) is 118 Å². The monoisotopic (exact) mass is 498 g/mol. The van der Waals surface area contributed by atoms with E-state index in [1.165, 1.54) is 6.33 Å². The quantitative estimate of drug-likeness (QED) is 0.497. The smallest absolute Gasteiger partial charge is 0.324 e. The highest BCUT2D eigenvalue weighted by molar-refractivity contribution is 7.85. The zero-order valence-corrected chi connectivity index (χ0v) is 20.8. The van der Waals surface area contributed by atoms with Crippen LogP contribution < -0.4 is 14.5 Å². The summed E-state index contributed by atoms with van der Waals surface area (Å²) in [5, 5.41) is 13.1. The van der Waals surface area contributed by atoms with Gasteiger partial charge in [0.25, 0.3) is 0 Å². The van der Waals surface area contributed by atoms with Crippen LogP contribution in [0, 0.1) is 0 Å². The second-order valence-corrected chi connectivity index (χ2v) is 10.6. The molecule has 4 heterocycles. The van der Waals surface area contributed by atoms with Crippen LogP contribution in [0.5, 0.6) is 5.88 Å². The predicted molar refractivity (Wildman–Crippen MR) is 132 cm³/mol. The van der Waals surface area contributed by atoms with Gasteiger partial charge in [-0.1, -0.05) is 19.0 Å². The molecule has 0 spiro atoms. The molecule has 1 aromatic carbocycles. The number of rotatable bonds is 8. The maximum Gasteiger partial charge on any atom is 0.324 e. The first-order valence-corrected chi connectivity index (χ1v) is 13.3. The van der Waals surface area contributed by atoms with Crippen LogP contribution in [0.25, 0.3) is 0 Å². The van der Waals surface area contributed by atoms with E-state index in [4.69, 9.17) is 14.4 Å². The zero-order valence-electron chi connectivity index (χ0n) is 20.0. The molecule has 10 nitrogen and oxygen atoms in total. The van der Waals surface area contributed by atoms with E-state index >= 15 is 0 Å². The highest BCUT2D eigenvalue weighted by Gasteiger charge is 2.26. The normalized spacial score (nSPS) is 17.1. The molecule has 3 aromatic rings. The van der Waals surface area contributed by atoms with Crippen molar-refractivity contribution in [2.75, 3.05) is 41.8 Å². The Morgan fingerprint density at radius 2 is 2.03 bits per heavy atom. The van der Waals surface area contributed by atoms with Crippen molar-refractivity contribution in [1.82, 2.24) is 20.1 Å². The summed E-state index contributed by atoms with van der Waals surface area (Å²) in [5.74, 6) is 2.55. The number of aliphatic hydroxyl groups excluding tert-OH is 1. The van der Waals surface area contributed by atoms with Gasteiger partial charge in [-0.25, -0.2) is 9.97 Å². The van der Waals surface area contributed by atoms with Crippen LogP contribution in [-0.4, -0.2) is 67.5 Å². The van der Waals surface area contributed by atoms with E-state index in [0.717, 1.165) is 66.7 Å². The third kappa shape index (κ3) is 5.15. The fourth-order valence-corrected chi connectivity index (χ4v) is 5.32. The summed E-state index contributed by atoms with van der Waals surface area (Å²) in [7, 11) is -1.19. The molecule has 5 rings (SSSR count). The average Bonchev–Trinajstić information content (AvgIpc) is 3.52. The molecule has 0 aliphatic carbocycles. The van der Waals surface area contributed by atoms with Gasteiger partial charge in [-0.05, 0) is 30.2 Å². The number of benzene rings is 1. The Bertz CT molecular complexity index is 1190. The highest BCUT2D eigenvalue weighted by Crippen LogP contribution is 2.35. The number of anilines is 3. The maximum atomic E-state index is 12.2. The number of aromatic nitrogens is 4. The average molecular weight is 499 g/mol. The Morgan fingerprint density at radius 3 is 2.77 bits per heavy atom. The first kappa shape index (κ1) is 23.7. The molecule has 0 bridgehead atoms. The van der Waals surface area contributed by atoms with Gasteiger partial charge in [-0.2, -0.15) is 4.98 Å². The van der Waals surface area contributed by atoms with Crippen LogP contribution in [0.3, 0.4) is 0 Å². The molecule has 186 valence electrons. The van der Waals surface area contributed by atoms with Crippen molar-refractivity contribution in [3.63, 3.8) is 0 Å². The van der Waals surface area contributed by atoms with Crippen molar-refractivity contribution in [3.8, 4) is 5.88 Å². The molecule has 2 aliphatic heterocycles. The Morgan fingerprint density at radius 1 is 1.20 bits per heavy atom. The van der Waals surface area contributed by atoms with Gasteiger partial charge >= 0.3 is 6.01 Å². The Kier molecular flexibility index (Phi) is 6.96. The van der Waals surface area contributed by atoms with Gasteiger partial charge in [0.15, 0.2) is 5.82 Å². The number of hydrogen-bond donors (Lipinski definition) is 1. The number of hydrogen-bond acceptors (Lipinski definition) is 10. The standard InChI is InChI=1S/C24H30N6O4S/c1-16(2)23-27-24(34-28-23)29-8-6-18(7-9-29)33-22-14-21(25-15-26-22)30-10-5-17-13-19(3-4-20(17)30)35(32)12-11-31/h3-4,13-16,18,31H,5-12H2,1-2H3. The largest absolute Gasteiger partial charge is 0.474 e. The van der Waals surface area contributed by atoms with Crippen molar-refractivity contribution >= 4 is 28.3 Å². The summed E-state index contributed by atoms with van der Waals surface area (Å²) < 4.78 is 23.9. The summed E-state index contributed by atoms with van der Waals surface area (Å²) >= 11 is 0. The fourth-order valence-electron chi connectivity index (χ4n) is 4.43. The van der Waals surface area contributed by atoms with E-state index in [-0.39, 0.29) is 24.4 Å². The summed E-state index contributed by atoms with van der Waals surface area (Å²) in [5.41, 5.74) is 2.18. The van der Waals surface area contributed by atoms with Gasteiger partial charge in [0.2, 0.25) is 5.88 Å². The van der Waals surface area contributed by atoms with Crippen LogP contribution in [0.15, 0.2) is 40.0 Å². The molecule has 11 heteroatoms. The SMILES string of the molecule is CC(C)c1noc(N2CCC(Oc3cc(N4CCc5cc(S(=O)CCO)ccc54)ncn3)CC2)n1. The number of aliphatic hydroxyl groups is 1. The second kappa shape index (κ2) is 10.3. The molecular weight excluding hydrogens is 468 g/mol. The second-order valence-electron chi connectivity index (χ2n) is 9.07. The Labute approximate surface area is 206 Å². The third-order valence-electron chi connectivity index (χ3n) is 6.34. The fraction of sp³-hybridized carbons (Fsp3) is 0.500. The molecule has 2 aromatic heterocycles. The molecule has 1 fully saturated rings.